The molecule has 3 aromatic rings. The molecule has 1 saturated heterocycles. The van der Waals surface area contributed by atoms with Crippen molar-refractivity contribution in [2.45, 2.75) is 32.4 Å². The Balaban J connectivity index is 1.60. The molecule has 2 heterocycles. The summed E-state index contributed by atoms with van der Waals surface area (Å²) in [6, 6.07) is 19.2. The van der Waals surface area contributed by atoms with E-state index in [-0.39, 0.29) is 17.9 Å². The second-order valence-electron chi connectivity index (χ2n) is 9.06. The Morgan fingerprint density at radius 2 is 1.86 bits per heavy atom. The molecule has 7 nitrogen and oxygen atoms in total. The molecule has 37 heavy (non-hydrogen) atoms. The number of benzene rings is 3. The zero-order valence-corrected chi connectivity index (χ0v) is 20.9. The number of aliphatic hydroxyl groups is 1. The van der Waals surface area contributed by atoms with E-state index in [4.69, 9.17) is 14.2 Å². The summed E-state index contributed by atoms with van der Waals surface area (Å²) in [5, 5.41) is 11.4. The summed E-state index contributed by atoms with van der Waals surface area (Å²) in [6.07, 6.45) is 1.71. The van der Waals surface area contributed by atoms with Crippen LogP contribution in [0.25, 0.3) is 5.76 Å². The topological polar surface area (TPSA) is 85.3 Å². The molecule has 0 saturated carbocycles. The molecule has 0 bridgehead atoms. The zero-order chi connectivity index (χ0) is 25.9. The average Bonchev–Trinajstić information content (AvgIpc) is 3.17. The number of methoxy groups -OCH3 is 1. The van der Waals surface area contributed by atoms with E-state index in [0.29, 0.717) is 35.8 Å². The van der Waals surface area contributed by atoms with Gasteiger partial charge in [-0.3, -0.25) is 9.59 Å². The van der Waals surface area contributed by atoms with Gasteiger partial charge in [-0.1, -0.05) is 24.3 Å². The molecule has 1 fully saturated rings. The lowest BCUT2D eigenvalue weighted by atomic mass is 9.94. The second-order valence-corrected chi connectivity index (χ2v) is 9.06. The van der Waals surface area contributed by atoms with Crippen LogP contribution >= 0.6 is 0 Å². The molecule has 0 spiro atoms. The molecular formula is C30H29NO6. The van der Waals surface area contributed by atoms with Gasteiger partial charge in [0.2, 0.25) is 0 Å². The zero-order valence-electron chi connectivity index (χ0n) is 20.9. The van der Waals surface area contributed by atoms with Crippen molar-refractivity contribution < 1.29 is 28.9 Å². The van der Waals surface area contributed by atoms with Gasteiger partial charge in [-0.15, -0.1) is 0 Å². The predicted octanol–water partition coefficient (Wildman–Crippen LogP) is 5.04. The van der Waals surface area contributed by atoms with Crippen LogP contribution in [0, 0.1) is 0 Å². The van der Waals surface area contributed by atoms with E-state index in [2.05, 4.69) is 0 Å². The molecule has 1 amide bonds. The lowest BCUT2D eigenvalue weighted by Gasteiger charge is -2.26. The van der Waals surface area contributed by atoms with E-state index in [9.17, 15) is 14.7 Å². The number of ketones is 1. The molecule has 2 aliphatic heterocycles. The summed E-state index contributed by atoms with van der Waals surface area (Å²) in [7, 11) is 1.58. The van der Waals surface area contributed by atoms with Gasteiger partial charge in [0.25, 0.3) is 11.7 Å². The van der Waals surface area contributed by atoms with Crippen molar-refractivity contribution in [2.24, 2.45) is 0 Å². The third-order valence-electron chi connectivity index (χ3n) is 6.72. The highest BCUT2D eigenvalue weighted by Crippen LogP contribution is 2.41. The number of likely N-dealkylation sites (tertiary alicyclic amines) is 1. The van der Waals surface area contributed by atoms with Gasteiger partial charge in [-0.05, 0) is 78.9 Å². The molecule has 190 valence electrons. The largest absolute Gasteiger partial charge is 0.507 e. The van der Waals surface area contributed by atoms with E-state index in [1.54, 1.807) is 31.4 Å². The normalized spacial score (nSPS) is 18.3. The fourth-order valence-electron chi connectivity index (χ4n) is 4.94. The number of aryl methyl sites for hydroxylation is 1. The van der Waals surface area contributed by atoms with Crippen LogP contribution in [-0.2, 0) is 22.6 Å². The average molecular weight is 500 g/mol. The molecule has 1 atom stereocenters. The van der Waals surface area contributed by atoms with Crippen LogP contribution in [0.2, 0.25) is 0 Å². The monoisotopic (exact) mass is 499 g/mol. The van der Waals surface area contributed by atoms with Crippen LogP contribution in [0.15, 0.2) is 72.3 Å². The van der Waals surface area contributed by atoms with Gasteiger partial charge >= 0.3 is 0 Å². The van der Waals surface area contributed by atoms with Crippen molar-refractivity contribution in [1.29, 1.82) is 0 Å². The third kappa shape index (κ3) is 4.77. The molecule has 5 rings (SSSR count). The van der Waals surface area contributed by atoms with Gasteiger partial charge in [0.05, 0.1) is 31.9 Å². The summed E-state index contributed by atoms with van der Waals surface area (Å²) in [6.45, 7) is 3.26. The van der Waals surface area contributed by atoms with Crippen molar-refractivity contribution in [3.8, 4) is 17.2 Å². The highest BCUT2D eigenvalue weighted by Gasteiger charge is 2.46. The molecular weight excluding hydrogens is 470 g/mol. The molecule has 1 N–H and O–H groups in total. The standard InChI is InChI=1S/C30H29NO6/c1-3-36-24-8-4-6-19(16-24)18-31-27(20-9-12-23(35-2)13-10-20)26(29(33)30(31)34)28(32)22-11-14-25-21(17-22)7-5-15-37-25/h4,6,8-14,16-17,27,32H,3,5,7,15,18H2,1-2H3/b28-26-. The van der Waals surface area contributed by atoms with Gasteiger partial charge in [0.1, 0.15) is 23.0 Å². The maximum Gasteiger partial charge on any atom is 0.295 e. The maximum atomic E-state index is 13.4. The molecule has 0 aliphatic carbocycles. The van der Waals surface area contributed by atoms with Gasteiger partial charge in [-0.2, -0.15) is 0 Å². The van der Waals surface area contributed by atoms with Crippen LogP contribution in [-0.4, -0.2) is 42.0 Å². The Morgan fingerprint density at radius 3 is 2.62 bits per heavy atom. The molecule has 0 aromatic heterocycles. The summed E-state index contributed by atoms with van der Waals surface area (Å²) in [5.74, 6) is 0.551. The quantitative estimate of drug-likeness (QED) is 0.279. The van der Waals surface area contributed by atoms with E-state index >= 15 is 0 Å². The minimum Gasteiger partial charge on any atom is -0.507 e. The SMILES string of the molecule is CCOc1cccc(CN2C(=O)C(=O)/C(=C(\O)c3ccc4c(c3)CCCO4)C2c2ccc(OC)cc2)c1. The van der Waals surface area contributed by atoms with E-state index in [0.717, 1.165) is 29.7 Å². The van der Waals surface area contributed by atoms with E-state index in [1.807, 2.05) is 49.4 Å². The summed E-state index contributed by atoms with van der Waals surface area (Å²) < 4.78 is 16.6. The minimum atomic E-state index is -0.770. The van der Waals surface area contributed by atoms with Crippen molar-refractivity contribution in [3.05, 3.63) is 94.6 Å². The lowest BCUT2D eigenvalue weighted by Crippen LogP contribution is -2.29. The molecule has 7 heteroatoms. The highest BCUT2D eigenvalue weighted by molar-refractivity contribution is 6.46. The molecule has 2 aliphatic rings. The number of rotatable bonds is 7. The number of carbonyl (C=O) groups is 2. The smallest absolute Gasteiger partial charge is 0.295 e. The number of hydrogen-bond donors (Lipinski definition) is 1. The lowest BCUT2D eigenvalue weighted by molar-refractivity contribution is -0.140. The van der Waals surface area contributed by atoms with Crippen LogP contribution in [0.3, 0.4) is 0 Å². The number of carbonyl (C=O) groups excluding carboxylic acids is 2. The Labute approximate surface area is 215 Å². The number of Topliss-reactive ketones (excluding diaryl/α,β-unsaturated/α-hetero) is 1. The first kappa shape index (κ1) is 24.4. The fraction of sp³-hybridized carbons (Fsp3) is 0.267. The second kappa shape index (κ2) is 10.4. The highest BCUT2D eigenvalue weighted by atomic mass is 16.5. The van der Waals surface area contributed by atoms with Crippen LogP contribution < -0.4 is 14.2 Å². The maximum absolute atomic E-state index is 13.4. The van der Waals surface area contributed by atoms with Crippen molar-refractivity contribution >= 4 is 17.4 Å². The Kier molecular flexibility index (Phi) is 6.86. The minimum absolute atomic E-state index is 0.0628. The first-order valence-electron chi connectivity index (χ1n) is 12.4. The van der Waals surface area contributed by atoms with Crippen molar-refractivity contribution in [1.82, 2.24) is 4.90 Å². The van der Waals surface area contributed by atoms with Crippen LogP contribution in [0.4, 0.5) is 0 Å². The summed E-state index contributed by atoms with van der Waals surface area (Å²) >= 11 is 0. The van der Waals surface area contributed by atoms with E-state index < -0.39 is 17.7 Å². The number of fused-ring (bicyclic) bond motifs is 1. The van der Waals surface area contributed by atoms with Gasteiger partial charge in [-0.25, -0.2) is 0 Å². The van der Waals surface area contributed by atoms with Crippen molar-refractivity contribution in [3.63, 3.8) is 0 Å². The van der Waals surface area contributed by atoms with E-state index in [1.165, 1.54) is 4.90 Å². The number of aliphatic hydroxyl groups excluding tert-OH is 1. The number of amides is 1. The van der Waals surface area contributed by atoms with Crippen molar-refractivity contribution in [2.75, 3.05) is 20.3 Å². The Bertz CT molecular complexity index is 1360. The predicted molar refractivity (Wildman–Crippen MR) is 139 cm³/mol. The fourth-order valence-corrected chi connectivity index (χ4v) is 4.94. The number of nitrogens with zero attached hydrogens (tertiary/aromatic N) is 1. The summed E-state index contributed by atoms with van der Waals surface area (Å²) in [4.78, 5) is 28.3. The van der Waals surface area contributed by atoms with Crippen LogP contribution in [0.5, 0.6) is 17.2 Å². The third-order valence-corrected chi connectivity index (χ3v) is 6.72. The van der Waals surface area contributed by atoms with Gasteiger partial charge in [0.15, 0.2) is 0 Å². The Morgan fingerprint density at radius 1 is 1.05 bits per heavy atom. The number of hydrogen-bond acceptors (Lipinski definition) is 6. The summed E-state index contributed by atoms with van der Waals surface area (Å²) in [5.41, 5.74) is 3.03. The molecule has 0 radical (unpaired) electrons. The van der Waals surface area contributed by atoms with Gasteiger partial charge < -0.3 is 24.2 Å². The molecule has 3 aromatic carbocycles. The Hall–Kier alpha value is -4.26. The molecule has 1 unspecified atom stereocenters. The van der Waals surface area contributed by atoms with Gasteiger partial charge in [0, 0.05) is 12.1 Å². The van der Waals surface area contributed by atoms with Crippen LogP contribution in [0.1, 0.15) is 41.6 Å². The first-order chi connectivity index (χ1) is 18.0. The first-order valence-corrected chi connectivity index (χ1v) is 12.4. The number of ether oxygens (including phenoxy) is 3.